The molecule has 1 saturated carbocycles. The van der Waals surface area contributed by atoms with Crippen molar-refractivity contribution in [2.75, 3.05) is 20.7 Å². The predicted molar refractivity (Wildman–Crippen MR) is 84.3 cm³/mol. The molecule has 0 radical (unpaired) electrons. The van der Waals surface area contributed by atoms with E-state index in [4.69, 9.17) is 10.5 Å². The zero-order chi connectivity index (χ0) is 15.2. The number of methoxy groups -OCH3 is 1. The lowest BCUT2D eigenvalue weighted by atomic mass is 9.85. The van der Waals surface area contributed by atoms with Crippen molar-refractivity contribution in [3.8, 4) is 5.75 Å². The summed E-state index contributed by atoms with van der Waals surface area (Å²) in [6.45, 7) is 0.713. The fourth-order valence-electron chi connectivity index (χ4n) is 3.07. The third-order valence-electron chi connectivity index (χ3n) is 4.35. The molecular weight excluding hydrogens is 264 g/mol. The highest BCUT2D eigenvalue weighted by Gasteiger charge is 2.27. The van der Waals surface area contributed by atoms with Gasteiger partial charge in [-0.05, 0) is 37.3 Å². The van der Waals surface area contributed by atoms with Gasteiger partial charge in [-0.2, -0.15) is 0 Å². The average Bonchev–Trinajstić information content (AvgIpc) is 2.52. The molecule has 4 nitrogen and oxygen atoms in total. The number of hydrogen-bond acceptors (Lipinski definition) is 3. The van der Waals surface area contributed by atoms with Crippen molar-refractivity contribution in [3.05, 3.63) is 29.8 Å². The topological polar surface area (TPSA) is 55.6 Å². The van der Waals surface area contributed by atoms with Crippen molar-refractivity contribution < 1.29 is 9.53 Å². The minimum atomic E-state index is 0.108. The SMILES string of the molecule is COc1ccccc1CCN(C)C(=O)C1CCCC(N)C1. The Labute approximate surface area is 127 Å². The Morgan fingerprint density at radius 2 is 2.14 bits per heavy atom. The quantitative estimate of drug-likeness (QED) is 0.904. The van der Waals surface area contributed by atoms with E-state index in [1.165, 1.54) is 0 Å². The van der Waals surface area contributed by atoms with Gasteiger partial charge in [0.05, 0.1) is 7.11 Å². The number of rotatable bonds is 5. The van der Waals surface area contributed by atoms with Gasteiger partial charge >= 0.3 is 0 Å². The average molecular weight is 290 g/mol. The largest absolute Gasteiger partial charge is 0.496 e. The molecule has 1 aliphatic carbocycles. The molecule has 0 saturated heterocycles. The van der Waals surface area contributed by atoms with Crippen molar-refractivity contribution >= 4 is 5.91 Å². The summed E-state index contributed by atoms with van der Waals surface area (Å²) in [5.41, 5.74) is 7.12. The second-order valence-corrected chi connectivity index (χ2v) is 5.95. The van der Waals surface area contributed by atoms with Crippen molar-refractivity contribution in [1.29, 1.82) is 0 Å². The minimum absolute atomic E-state index is 0.108. The zero-order valence-corrected chi connectivity index (χ0v) is 13.0. The highest BCUT2D eigenvalue weighted by Crippen LogP contribution is 2.25. The van der Waals surface area contributed by atoms with E-state index in [-0.39, 0.29) is 17.9 Å². The van der Waals surface area contributed by atoms with Gasteiger partial charge in [-0.25, -0.2) is 0 Å². The molecule has 1 aromatic rings. The van der Waals surface area contributed by atoms with Gasteiger partial charge in [0.1, 0.15) is 5.75 Å². The Balaban J connectivity index is 1.89. The van der Waals surface area contributed by atoms with Crippen LogP contribution >= 0.6 is 0 Å². The van der Waals surface area contributed by atoms with Crippen LogP contribution in [0.3, 0.4) is 0 Å². The van der Waals surface area contributed by atoms with Crippen LogP contribution in [0.5, 0.6) is 5.75 Å². The molecule has 0 aliphatic heterocycles. The fourth-order valence-corrected chi connectivity index (χ4v) is 3.07. The van der Waals surface area contributed by atoms with E-state index in [0.29, 0.717) is 6.54 Å². The summed E-state index contributed by atoms with van der Waals surface area (Å²) in [4.78, 5) is 14.3. The normalized spacial score (nSPS) is 21.9. The maximum absolute atomic E-state index is 12.5. The van der Waals surface area contributed by atoms with Gasteiger partial charge in [-0.15, -0.1) is 0 Å². The number of benzene rings is 1. The number of likely N-dealkylation sites (N-methyl/N-ethyl adjacent to an activating group) is 1. The smallest absolute Gasteiger partial charge is 0.225 e. The zero-order valence-electron chi connectivity index (χ0n) is 13.0. The van der Waals surface area contributed by atoms with Crippen LogP contribution < -0.4 is 10.5 Å². The summed E-state index contributed by atoms with van der Waals surface area (Å²) < 4.78 is 5.35. The molecule has 0 spiro atoms. The molecule has 1 amide bonds. The number of carbonyl (C=O) groups excluding carboxylic acids is 1. The molecule has 2 atom stereocenters. The molecule has 2 N–H and O–H groups in total. The maximum Gasteiger partial charge on any atom is 0.225 e. The number of carbonyl (C=O) groups is 1. The fraction of sp³-hybridized carbons (Fsp3) is 0.588. The summed E-state index contributed by atoms with van der Waals surface area (Å²) in [6, 6.07) is 8.15. The van der Waals surface area contributed by atoms with E-state index in [0.717, 1.165) is 43.4 Å². The lowest BCUT2D eigenvalue weighted by Gasteiger charge is -2.29. The van der Waals surface area contributed by atoms with E-state index >= 15 is 0 Å². The van der Waals surface area contributed by atoms with Crippen molar-refractivity contribution in [2.24, 2.45) is 11.7 Å². The molecule has 2 unspecified atom stereocenters. The van der Waals surface area contributed by atoms with E-state index < -0.39 is 0 Å². The second-order valence-electron chi connectivity index (χ2n) is 5.95. The lowest BCUT2D eigenvalue weighted by molar-refractivity contribution is -0.135. The molecule has 0 heterocycles. The molecule has 0 bridgehead atoms. The van der Waals surface area contributed by atoms with Gasteiger partial charge in [-0.3, -0.25) is 4.79 Å². The minimum Gasteiger partial charge on any atom is -0.496 e. The van der Waals surface area contributed by atoms with E-state index in [1.807, 2.05) is 36.2 Å². The Hall–Kier alpha value is -1.55. The summed E-state index contributed by atoms with van der Waals surface area (Å²) >= 11 is 0. The third kappa shape index (κ3) is 4.21. The van der Waals surface area contributed by atoms with Gasteiger partial charge in [-0.1, -0.05) is 24.6 Å². The molecule has 1 aromatic carbocycles. The number of hydrogen-bond donors (Lipinski definition) is 1. The van der Waals surface area contributed by atoms with Gasteiger partial charge in [0.25, 0.3) is 0 Å². The first-order valence-electron chi connectivity index (χ1n) is 7.74. The molecule has 116 valence electrons. The highest BCUT2D eigenvalue weighted by atomic mass is 16.5. The van der Waals surface area contributed by atoms with Crippen LogP contribution in [0.25, 0.3) is 0 Å². The first kappa shape index (κ1) is 15.8. The van der Waals surface area contributed by atoms with Gasteiger partial charge < -0.3 is 15.4 Å². The number of amides is 1. The molecule has 2 rings (SSSR count). The summed E-state index contributed by atoms with van der Waals surface area (Å²) in [7, 11) is 3.56. The maximum atomic E-state index is 12.5. The van der Waals surface area contributed by atoms with Crippen molar-refractivity contribution in [2.45, 2.75) is 38.1 Å². The van der Waals surface area contributed by atoms with Crippen LogP contribution in [0.15, 0.2) is 24.3 Å². The Kier molecular flexibility index (Phi) is 5.62. The van der Waals surface area contributed by atoms with Crippen LogP contribution in [0.4, 0.5) is 0 Å². The lowest BCUT2D eigenvalue weighted by Crippen LogP contribution is -2.39. The van der Waals surface area contributed by atoms with Crippen LogP contribution in [-0.4, -0.2) is 37.6 Å². The molecule has 21 heavy (non-hydrogen) atoms. The summed E-state index contributed by atoms with van der Waals surface area (Å²) in [6.07, 6.45) is 4.74. The summed E-state index contributed by atoms with van der Waals surface area (Å²) in [5.74, 6) is 1.23. The second kappa shape index (κ2) is 7.46. The number of ether oxygens (including phenoxy) is 1. The summed E-state index contributed by atoms with van der Waals surface area (Å²) in [5, 5.41) is 0. The Bertz CT molecular complexity index is 476. The Morgan fingerprint density at radius 1 is 1.38 bits per heavy atom. The number of para-hydroxylation sites is 1. The van der Waals surface area contributed by atoms with E-state index in [1.54, 1.807) is 7.11 Å². The first-order chi connectivity index (χ1) is 10.1. The Morgan fingerprint density at radius 3 is 2.86 bits per heavy atom. The standard InChI is InChI=1S/C17H26N2O2/c1-19(17(20)14-7-5-8-15(18)12-14)11-10-13-6-3-4-9-16(13)21-2/h3-4,6,9,14-15H,5,7-8,10-12,18H2,1-2H3. The predicted octanol–water partition coefficient (Wildman–Crippen LogP) is 2.21. The van der Waals surface area contributed by atoms with Crippen molar-refractivity contribution in [1.82, 2.24) is 4.90 Å². The molecular formula is C17H26N2O2. The molecule has 0 aromatic heterocycles. The van der Waals surface area contributed by atoms with Crippen molar-refractivity contribution in [3.63, 3.8) is 0 Å². The van der Waals surface area contributed by atoms with E-state index in [9.17, 15) is 4.79 Å². The van der Waals surface area contributed by atoms with Crippen LogP contribution in [0, 0.1) is 5.92 Å². The van der Waals surface area contributed by atoms with Gasteiger partial charge in [0.15, 0.2) is 0 Å². The molecule has 4 heteroatoms. The van der Waals surface area contributed by atoms with Crippen LogP contribution in [0.2, 0.25) is 0 Å². The van der Waals surface area contributed by atoms with E-state index in [2.05, 4.69) is 0 Å². The van der Waals surface area contributed by atoms with Gasteiger partial charge in [0, 0.05) is 25.6 Å². The number of nitrogens with zero attached hydrogens (tertiary/aromatic N) is 1. The number of nitrogens with two attached hydrogens (primary N) is 1. The highest BCUT2D eigenvalue weighted by molar-refractivity contribution is 5.78. The molecule has 1 fully saturated rings. The molecule has 1 aliphatic rings. The monoisotopic (exact) mass is 290 g/mol. The van der Waals surface area contributed by atoms with Gasteiger partial charge in [0.2, 0.25) is 5.91 Å². The first-order valence-corrected chi connectivity index (χ1v) is 7.74. The van der Waals surface area contributed by atoms with Crippen LogP contribution in [-0.2, 0) is 11.2 Å². The van der Waals surface area contributed by atoms with Crippen LogP contribution in [0.1, 0.15) is 31.2 Å². The third-order valence-corrected chi connectivity index (χ3v) is 4.35.